The first-order valence-electron chi connectivity index (χ1n) is 9.34. The molecule has 25 heavy (non-hydrogen) atoms. The van der Waals surface area contributed by atoms with Crippen LogP contribution in [0.15, 0.2) is 11.6 Å². The second-order valence-electron chi connectivity index (χ2n) is 8.06. The summed E-state index contributed by atoms with van der Waals surface area (Å²) in [5.74, 6) is 0.546. The predicted octanol–water partition coefficient (Wildman–Crippen LogP) is 2.86. The lowest BCUT2D eigenvalue weighted by Gasteiger charge is -2.38. The fourth-order valence-electron chi connectivity index (χ4n) is 4.92. The summed E-state index contributed by atoms with van der Waals surface area (Å²) in [5.41, 5.74) is 1.22. The zero-order valence-corrected chi connectivity index (χ0v) is 15.5. The van der Waals surface area contributed by atoms with Crippen molar-refractivity contribution in [1.29, 1.82) is 0 Å². The van der Waals surface area contributed by atoms with Crippen LogP contribution >= 0.6 is 0 Å². The van der Waals surface area contributed by atoms with Crippen molar-refractivity contribution < 1.29 is 23.9 Å². The lowest BCUT2D eigenvalue weighted by atomic mass is 9.64. The van der Waals surface area contributed by atoms with Crippen LogP contribution in [0.3, 0.4) is 0 Å². The smallest absolute Gasteiger partial charge is 0.303 e. The normalized spacial score (nSPS) is 38.5. The second kappa shape index (κ2) is 7.02. The third-order valence-electron chi connectivity index (χ3n) is 6.11. The molecule has 2 fully saturated rings. The van der Waals surface area contributed by atoms with Crippen molar-refractivity contribution in [1.82, 2.24) is 0 Å². The molecule has 0 aromatic heterocycles. The highest BCUT2D eigenvalue weighted by molar-refractivity contribution is 5.89. The maximum absolute atomic E-state index is 12.8. The molecule has 2 aliphatic heterocycles. The minimum atomic E-state index is -0.823. The molecule has 0 aromatic carbocycles. The summed E-state index contributed by atoms with van der Waals surface area (Å²) in [7, 11) is 0. The number of ether oxygens (including phenoxy) is 2. The Morgan fingerprint density at radius 3 is 2.64 bits per heavy atom. The van der Waals surface area contributed by atoms with Crippen molar-refractivity contribution in [3.05, 3.63) is 11.6 Å². The summed E-state index contributed by atoms with van der Waals surface area (Å²) >= 11 is 0. The molecule has 0 radical (unpaired) electrons. The Labute approximate surface area is 149 Å². The fraction of sp³-hybridized carbons (Fsp3) is 0.750. The van der Waals surface area contributed by atoms with Gasteiger partial charge in [-0.15, -0.1) is 0 Å². The zero-order valence-electron chi connectivity index (χ0n) is 15.5. The molecule has 0 N–H and O–H groups in total. The van der Waals surface area contributed by atoms with Crippen molar-refractivity contribution >= 4 is 17.5 Å². The molecule has 5 nitrogen and oxygen atoms in total. The topological polar surface area (TPSA) is 69.7 Å². The van der Waals surface area contributed by atoms with Crippen LogP contribution in [0.25, 0.3) is 0 Å². The molecule has 3 aliphatic rings. The van der Waals surface area contributed by atoms with E-state index in [1.807, 2.05) is 0 Å². The number of hydrogen-bond donors (Lipinski definition) is 0. The van der Waals surface area contributed by atoms with E-state index in [0.717, 1.165) is 6.42 Å². The molecule has 3 rings (SSSR count). The molecule has 0 spiro atoms. The molecule has 0 amide bonds. The summed E-state index contributed by atoms with van der Waals surface area (Å²) in [6, 6.07) is 0. The summed E-state index contributed by atoms with van der Waals surface area (Å²) in [4.78, 5) is 36.8. The van der Waals surface area contributed by atoms with Crippen molar-refractivity contribution in [2.45, 2.75) is 71.7 Å². The number of hydrogen-bond acceptors (Lipinski definition) is 5. The molecule has 138 valence electrons. The molecule has 2 heterocycles. The van der Waals surface area contributed by atoms with E-state index < -0.39 is 18.2 Å². The number of carbonyl (C=O) groups is 3. The van der Waals surface area contributed by atoms with Crippen LogP contribution in [-0.4, -0.2) is 35.8 Å². The number of carbonyl (C=O) groups excluding carboxylic acids is 3. The zero-order chi connectivity index (χ0) is 18.3. The van der Waals surface area contributed by atoms with Crippen molar-refractivity contribution in [3.63, 3.8) is 0 Å². The van der Waals surface area contributed by atoms with Gasteiger partial charge in [-0.05, 0) is 31.6 Å². The van der Waals surface area contributed by atoms with Gasteiger partial charge in [0.15, 0.2) is 17.7 Å². The van der Waals surface area contributed by atoms with Gasteiger partial charge in [-0.1, -0.05) is 25.5 Å². The third kappa shape index (κ3) is 3.43. The number of fused-ring (bicyclic) bond motifs is 5. The molecular formula is C20H28O5. The van der Waals surface area contributed by atoms with Gasteiger partial charge in [0.05, 0.1) is 6.10 Å². The van der Waals surface area contributed by atoms with E-state index in [1.54, 1.807) is 0 Å². The van der Waals surface area contributed by atoms with Gasteiger partial charge in [0.2, 0.25) is 0 Å². The number of esters is 1. The fourth-order valence-corrected chi connectivity index (χ4v) is 4.92. The van der Waals surface area contributed by atoms with Crippen LogP contribution in [0.4, 0.5) is 0 Å². The quantitative estimate of drug-likeness (QED) is 0.567. The Bertz CT molecular complexity index is 605. The lowest BCUT2D eigenvalue weighted by molar-refractivity contribution is -0.154. The molecule has 2 saturated heterocycles. The first kappa shape index (κ1) is 18.3. The van der Waals surface area contributed by atoms with Gasteiger partial charge in [-0.3, -0.25) is 14.4 Å². The van der Waals surface area contributed by atoms with Crippen LogP contribution < -0.4 is 0 Å². The number of rotatable bonds is 2. The average Bonchev–Trinajstić information content (AvgIpc) is 2.91. The Balaban J connectivity index is 1.92. The predicted molar refractivity (Wildman–Crippen MR) is 91.8 cm³/mol. The Morgan fingerprint density at radius 2 is 2.00 bits per heavy atom. The Kier molecular flexibility index (Phi) is 5.14. The number of Topliss-reactive ketones (excluding diaryl/α,β-unsaturated/α-hetero) is 2. The molecule has 0 unspecified atom stereocenters. The van der Waals surface area contributed by atoms with Crippen molar-refractivity contribution in [3.8, 4) is 0 Å². The Morgan fingerprint density at radius 1 is 1.28 bits per heavy atom. The summed E-state index contributed by atoms with van der Waals surface area (Å²) < 4.78 is 11.3. The molecule has 2 bridgehead atoms. The van der Waals surface area contributed by atoms with Crippen LogP contribution in [0.2, 0.25) is 0 Å². The highest BCUT2D eigenvalue weighted by Gasteiger charge is 2.53. The summed E-state index contributed by atoms with van der Waals surface area (Å²) in [6.45, 7) is 7.76. The standard InChI is InChI=1S/C20H28O5/c1-10(2)13-6-5-11(3)18-17-9-15(23)16(24-12(4)21)8-7-14(22)20(25-17)19(13)18/h5,10,13,16-20H,6-9H2,1-4H3/t13-,16+,17-,18-,19-,20+/m1/s1. The SMILES string of the molecule is CC(=O)O[C@H]1CCC(=O)[C@@H]2O[C@H](CC1=O)[C@H]1C(C)=CC[C@H](C(C)C)[C@H]12. The highest BCUT2D eigenvalue weighted by Crippen LogP contribution is 2.50. The summed E-state index contributed by atoms with van der Waals surface area (Å²) in [5, 5.41) is 0. The van der Waals surface area contributed by atoms with Gasteiger partial charge in [0, 0.05) is 31.6 Å². The van der Waals surface area contributed by atoms with E-state index in [2.05, 4.69) is 26.8 Å². The van der Waals surface area contributed by atoms with Gasteiger partial charge in [-0.25, -0.2) is 0 Å². The van der Waals surface area contributed by atoms with E-state index in [-0.39, 0.29) is 48.8 Å². The average molecular weight is 348 g/mol. The second-order valence-corrected chi connectivity index (χ2v) is 8.06. The monoisotopic (exact) mass is 348 g/mol. The van der Waals surface area contributed by atoms with Gasteiger partial charge < -0.3 is 9.47 Å². The van der Waals surface area contributed by atoms with E-state index in [9.17, 15) is 14.4 Å². The van der Waals surface area contributed by atoms with Gasteiger partial charge in [-0.2, -0.15) is 0 Å². The van der Waals surface area contributed by atoms with Crippen LogP contribution in [0.5, 0.6) is 0 Å². The van der Waals surface area contributed by atoms with Gasteiger partial charge in [0.1, 0.15) is 6.10 Å². The van der Waals surface area contributed by atoms with Crippen molar-refractivity contribution in [2.24, 2.45) is 23.7 Å². The Hall–Kier alpha value is -1.49. The minimum absolute atomic E-state index is 0.0460. The van der Waals surface area contributed by atoms with Crippen LogP contribution in [0.1, 0.15) is 53.4 Å². The van der Waals surface area contributed by atoms with E-state index in [0.29, 0.717) is 11.8 Å². The van der Waals surface area contributed by atoms with Gasteiger partial charge >= 0.3 is 5.97 Å². The van der Waals surface area contributed by atoms with E-state index in [1.165, 1.54) is 12.5 Å². The molecule has 0 aromatic rings. The number of allylic oxidation sites excluding steroid dienone is 1. The van der Waals surface area contributed by atoms with E-state index >= 15 is 0 Å². The first-order chi connectivity index (χ1) is 11.8. The number of ketones is 2. The first-order valence-corrected chi connectivity index (χ1v) is 9.34. The molecule has 0 saturated carbocycles. The lowest BCUT2D eigenvalue weighted by Crippen LogP contribution is -2.40. The molecule has 6 atom stereocenters. The third-order valence-corrected chi connectivity index (χ3v) is 6.11. The maximum atomic E-state index is 12.8. The van der Waals surface area contributed by atoms with Crippen LogP contribution in [-0.2, 0) is 23.9 Å². The maximum Gasteiger partial charge on any atom is 0.303 e. The summed E-state index contributed by atoms with van der Waals surface area (Å²) in [6.07, 6.45) is 2.36. The van der Waals surface area contributed by atoms with Crippen molar-refractivity contribution in [2.75, 3.05) is 0 Å². The van der Waals surface area contributed by atoms with Gasteiger partial charge in [0.25, 0.3) is 0 Å². The minimum Gasteiger partial charge on any atom is -0.455 e. The largest absolute Gasteiger partial charge is 0.455 e. The molecule has 5 heteroatoms. The molecular weight excluding hydrogens is 320 g/mol. The molecule has 1 aliphatic carbocycles. The van der Waals surface area contributed by atoms with Crippen LogP contribution in [0, 0.1) is 23.7 Å². The van der Waals surface area contributed by atoms with E-state index in [4.69, 9.17) is 9.47 Å². The highest BCUT2D eigenvalue weighted by atomic mass is 16.5.